The number of pyridine rings is 2. The summed E-state index contributed by atoms with van der Waals surface area (Å²) in [6.45, 7) is 0. The SMILES string of the molecule is O=C1NC(c2ccccn2)c2ccncc21. The van der Waals surface area contributed by atoms with Gasteiger partial charge in [0.25, 0.3) is 5.91 Å². The summed E-state index contributed by atoms with van der Waals surface area (Å²) in [5, 5.41) is 2.89. The molecule has 4 heteroatoms. The van der Waals surface area contributed by atoms with Crippen LogP contribution in [-0.2, 0) is 0 Å². The molecule has 0 spiro atoms. The van der Waals surface area contributed by atoms with Crippen LogP contribution in [0.5, 0.6) is 0 Å². The molecular formula is C12H9N3O. The van der Waals surface area contributed by atoms with Crippen LogP contribution in [0.25, 0.3) is 0 Å². The molecule has 1 N–H and O–H groups in total. The van der Waals surface area contributed by atoms with Gasteiger partial charge in [0.15, 0.2) is 0 Å². The minimum atomic E-state index is -0.147. The molecule has 0 aliphatic carbocycles. The van der Waals surface area contributed by atoms with Crippen LogP contribution < -0.4 is 5.32 Å². The van der Waals surface area contributed by atoms with Gasteiger partial charge >= 0.3 is 0 Å². The zero-order valence-electron chi connectivity index (χ0n) is 8.42. The number of fused-ring (bicyclic) bond motifs is 1. The standard InChI is InChI=1S/C12H9N3O/c16-12-9-7-13-6-4-8(9)11(15-12)10-3-1-2-5-14-10/h1-7,11H,(H,15,16). The molecule has 16 heavy (non-hydrogen) atoms. The van der Waals surface area contributed by atoms with Crippen LogP contribution in [0.4, 0.5) is 0 Å². The van der Waals surface area contributed by atoms with Crippen molar-refractivity contribution < 1.29 is 4.79 Å². The highest BCUT2D eigenvalue weighted by Gasteiger charge is 2.30. The van der Waals surface area contributed by atoms with Crippen molar-refractivity contribution in [2.24, 2.45) is 0 Å². The predicted molar refractivity (Wildman–Crippen MR) is 57.8 cm³/mol. The summed E-state index contributed by atoms with van der Waals surface area (Å²) in [6, 6.07) is 7.38. The third kappa shape index (κ3) is 1.27. The maximum absolute atomic E-state index is 11.7. The molecule has 78 valence electrons. The Balaban J connectivity index is 2.11. The highest BCUT2D eigenvalue weighted by Crippen LogP contribution is 2.28. The topological polar surface area (TPSA) is 54.9 Å². The van der Waals surface area contributed by atoms with Crippen LogP contribution >= 0.6 is 0 Å². The van der Waals surface area contributed by atoms with E-state index in [0.717, 1.165) is 11.3 Å². The van der Waals surface area contributed by atoms with Gasteiger partial charge in [-0.1, -0.05) is 6.07 Å². The molecule has 0 aromatic carbocycles. The molecule has 2 aromatic heterocycles. The second-order valence-corrected chi connectivity index (χ2v) is 3.62. The lowest BCUT2D eigenvalue weighted by Gasteiger charge is -2.10. The molecule has 0 fully saturated rings. The van der Waals surface area contributed by atoms with E-state index in [2.05, 4.69) is 15.3 Å². The van der Waals surface area contributed by atoms with Crippen LogP contribution in [0.1, 0.15) is 27.7 Å². The Labute approximate surface area is 92.4 Å². The first-order valence-electron chi connectivity index (χ1n) is 5.02. The van der Waals surface area contributed by atoms with E-state index >= 15 is 0 Å². The summed E-state index contributed by atoms with van der Waals surface area (Å²) in [5.41, 5.74) is 2.43. The Bertz CT molecular complexity index is 539. The number of hydrogen-bond acceptors (Lipinski definition) is 3. The predicted octanol–water partition coefficient (Wildman–Crippen LogP) is 1.31. The van der Waals surface area contributed by atoms with Crippen molar-refractivity contribution in [3.05, 3.63) is 59.7 Å². The summed E-state index contributed by atoms with van der Waals surface area (Å²) < 4.78 is 0. The van der Waals surface area contributed by atoms with E-state index in [-0.39, 0.29) is 11.9 Å². The van der Waals surface area contributed by atoms with Gasteiger partial charge in [-0.25, -0.2) is 0 Å². The average Bonchev–Trinajstić information content (AvgIpc) is 2.69. The lowest BCUT2D eigenvalue weighted by atomic mass is 10.0. The summed E-state index contributed by atoms with van der Waals surface area (Å²) in [5.74, 6) is -0.0845. The van der Waals surface area contributed by atoms with Gasteiger partial charge in [-0.05, 0) is 23.8 Å². The number of aromatic nitrogens is 2. The molecule has 1 atom stereocenters. The molecule has 3 rings (SSSR count). The van der Waals surface area contributed by atoms with E-state index in [1.165, 1.54) is 0 Å². The number of nitrogens with zero attached hydrogens (tertiary/aromatic N) is 2. The largest absolute Gasteiger partial charge is 0.339 e. The van der Waals surface area contributed by atoms with E-state index in [1.54, 1.807) is 18.6 Å². The first-order valence-corrected chi connectivity index (χ1v) is 5.02. The fraction of sp³-hybridized carbons (Fsp3) is 0.0833. The minimum Gasteiger partial charge on any atom is -0.339 e. The molecule has 4 nitrogen and oxygen atoms in total. The van der Waals surface area contributed by atoms with Crippen LogP contribution in [-0.4, -0.2) is 15.9 Å². The van der Waals surface area contributed by atoms with E-state index in [4.69, 9.17) is 0 Å². The summed E-state index contributed by atoms with van der Waals surface area (Å²) >= 11 is 0. The van der Waals surface area contributed by atoms with Crippen molar-refractivity contribution >= 4 is 5.91 Å². The molecule has 2 aromatic rings. The lowest BCUT2D eigenvalue weighted by molar-refractivity contribution is 0.0960. The Morgan fingerprint density at radius 3 is 2.94 bits per heavy atom. The summed E-state index contributed by atoms with van der Waals surface area (Å²) in [4.78, 5) is 19.9. The Hall–Kier alpha value is -2.23. The second-order valence-electron chi connectivity index (χ2n) is 3.62. The molecule has 0 saturated carbocycles. The van der Waals surface area contributed by atoms with Crippen molar-refractivity contribution in [2.45, 2.75) is 6.04 Å². The molecule has 1 amide bonds. The normalized spacial score (nSPS) is 18.0. The maximum Gasteiger partial charge on any atom is 0.254 e. The van der Waals surface area contributed by atoms with Crippen molar-refractivity contribution in [1.29, 1.82) is 0 Å². The number of hydrogen-bond donors (Lipinski definition) is 1. The first-order chi connectivity index (χ1) is 7.86. The average molecular weight is 211 g/mol. The van der Waals surface area contributed by atoms with Gasteiger partial charge in [0.05, 0.1) is 17.3 Å². The summed E-state index contributed by atoms with van der Waals surface area (Å²) in [7, 11) is 0. The van der Waals surface area contributed by atoms with Gasteiger partial charge in [-0.3, -0.25) is 14.8 Å². The maximum atomic E-state index is 11.7. The monoisotopic (exact) mass is 211 g/mol. The minimum absolute atomic E-state index is 0.0845. The molecule has 1 aliphatic heterocycles. The highest BCUT2D eigenvalue weighted by molar-refractivity contribution is 5.99. The Morgan fingerprint density at radius 2 is 2.12 bits per heavy atom. The third-order valence-corrected chi connectivity index (χ3v) is 2.67. The van der Waals surface area contributed by atoms with Gasteiger partial charge in [-0.15, -0.1) is 0 Å². The van der Waals surface area contributed by atoms with Gasteiger partial charge in [0.1, 0.15) is 0 Å². The van der Waals surface area contributed by atoms with Gasteiger partial charge in [0.2, 0.25) is 0 Å². The van der Waals surface area contributed by atoms with Crippen LogP contribution in [0.3, 0.4) is 0 Å². The van der Waals surface area contributed by atoms with E-state index in [9.17, 15) is 4.79 Å². The van der Waals surface area contributed by atoms with Gasteiger partial charge in [0, 0.05) is 18.6 Å². The molecule has 3 heterocycles. The Morgan fingerprint density at radius 1 is 1.19 bits per heavy atom. The smallest absolute Gasteiger partial charge is 0.254 e. The van der Waals surface area contributed by atoms with Crippen LogP contribution in [0.2, 0.25) is 0 Å². The van der Waals surface area contributed by atoms with Crippen LogP contribution in [0.15, 0.2) is 42.9 Å². The second kappa shape index (κ2) is 3.41. The van der Waals surface area contributed by atoms with Gasteiger partial charge in [-0.2, -0.15) is 0 Å². The fourth-order valence-corrected chi connectivity index (χ4v) is 1.91. The van der Waals surface area contributed by atoms with Crippen molar-refractivity contribution in [2.75, 3.05) is 0 Å². The fourth-order valence-electron chi connectivity index (χ4n) is 1.91. The zero-order valence-corrected chi connectivity index (χ0v) is 8.42. The van der Waals surface area contributed by atoms with Crippen molar-refractivity contribution in [1.82, 2.24) is 15.3 Å². The number of rotatable bonds is 1. The molecule has 1 unspecified atom stereocenters. The molecular weight excluding hydrogens is 202 g/mol. The molecule has 0 bridgehead atoms. The number of nitrogens with one attached hydrogen (secondary N) is 1. The molecule has 0 saturated heterocycles. The lowest BCUT2D eigenvalue weighted by Crippen LogP contribution is -2.20. The quantitative estimate of drug-likeness (QED) is 0.773. The number of carbonyl (C=O) groups is 1. The van der Waals surface area contributed by atoms with E-state index in [1.807, 2.05) is 24.3 Å². The highest BCUT2D eigenvalue weighted by atomic mass is 16.2. The van der Waals surface area contributed by atoms with Gasteiger partial charge < -0.3 is 5.32 Å². The van der Waals surface area contributed by atoms with Crippen molar-refractivity contribution in [3.63, 3.8) is 0 Å². The molecule has 1 aliphatic rings. The zero-order chi connectivity index (χ0) is 11.0. The first kappa shape index (κ1) is 9.03. The Kier molecular flexibility index (Phi) is 1.93. The number of carbonyl (C=O) groups excluding carboxylic acids is 1. The van der Waals surface area contributed by atoms with Crippen LogP contribution in [0, 0.1) is 0 Å². The molecule has 0 radical (unpaired) electrons. The van der Waals surface area contributed by atoms with E-state index in [0.29, 0.717) is 5.56 Å². The van der Waals surface area contributed by atoms with E-state index < -0.39 is 0 Å². The number of amides is 1. The van der Waals surface area contributed by atoms with Crippen molar-refractivity contribution in [3.8, 4) is 0 Å². The third-order valence-electron chi connectivity index (χ3n) is 2.67. The summed E-state index contributed by atoms with van der Waals surface area (Å²) in [6.07, 6.45) is 5.00.